The Kier molecular flexibility index (Phi) is 5.34. The Labute approximate surface area is 138 Å². The maximum atomic E-state index is 11.9. The minimum Gasteiger partial charge on any atom is -0.357 e. The first-order chi connectivity index (χ1) is 10.5. The summed E-state index contributed by atoms with van der Waals surface area (Å²) >= 11 is 4.53. The average Bonchev–Trinajstić information content (AvgIpc) is 3.15. The minimum atomic E-state index is -0.794. The first-order valence-corrected chi connectivity index (χ1v) is 7.88. The molecule has 0 bridgehead atoms. The van der Waals surface area contributed by atoms with Crippen molar-refractivity contribution in [2.24, 2.45) is 0 Å². The normalized spacial score (nSPS) is 11.5. The quantitative estimate of drug-likeness (QED) is 0.599. The van der Waals surface area contributed by atoms with Gasteiger partial charge in [-0.1, -0.05) is 0 Å². The van der Waals surface area contributed by atoms with Crippen molar-refractivity contribution in [2.75, 3.05) is 0 Å². The Balaban J connectivity index is 1.82. The van der Waals surface area contributed by atoms with E-state index in [-0.39, 0.29) is 5.91 Å². The molecule has 0 aliphatic carbocycles. The second kappa shape index (κ2) is 7.23. The Morgan fingerprint density at radius 2 is 1.95 bits per heavy atom. The summed E-state index contributed by atoms with van der Waals surface area (Å²) in [5, 5.41) is 2.55. The number of thiophene rings is 1. The van der Waals surface area contributed by atoms with Crippen molar-refractivity contribution >= 4 is 45.0 Å². The largest absolute Gasteiger partial charge is 0.357 e. The average molecular weight is 385 g/mol. The molecule has 2 heterocycles. The molecule has 116 valence electrons. The van der Waals surface area contributed by atoms with Gasteiger partial charge >= 0.3 is 0 Å². The molecular formula is C13H13BrN4O3S. The van der Waals surface area contributed by atoms with Crippen molar-refractivity contribution in [3.05, 3.63) is 44.8 Å². The number of carbonyl (C=O) groups is 3. The van der Waals surface area contributed by atoms with Crippen molar-refractivity contribution in [1.29, 1.82) is 0 Å². The Morgan fingerprint density at radius 1 is 1.18 bits per heavy atom. The first kappa shape index (κ1) is 16.2. The van der Waals surface area contributed by atoms with Crippen LogP contribution in [0.2, 0.25) is 0 Å². The number of aromatic nitrogens is 1. The number of hydrogen-bond acceptors (Lipinski definition) is 4. The van der Waals surface area contributed by atoms with Crippen LogP contribution >= 0.6 is 27.3 Å². The van der Waals surface area contributed by atoms with Gasteiger partial charge in [0.05, 0.1) is 8.66 Å². The summed E-state index contributed by atoms with van der Waals surface area (Å²) in [7, 11) is 0. The molecule has 9 heteroatoms. The van der Waals surface area contributed by atoms with Gasteiger partial charge in [-0.05, 0) is 47.1 Å². The molecular weight excluding hydrogens is 372 g/mol. The summed E-state index contributed by atoms with van der Waals surface area (Å²) in [5.41, 5.74) is 4.83. The highest BCUT2D eigenvalue weighted by atomic mass is 79.9. The van der Waals surface area contributed by atoms with Gasteiger partial charge in [0.15, 0.2) is 0 Å². The molecule has 1 unspecified atom stereocenters. The van der Waals surface area contributed by atoms with E-state index in [4.69, 9.17) is 0 Å². The van der Waals surface area contributed by atoms with E-state index in [1.54, 1.807) is 30.5 Å². The van der Waals surface area contributed by atoms with Gasteiger partial charge in [-0.25, -0.2) is 0 Å². The summed E-state index contributed by atoms with van der Waals surface area (Å²) < 4.78 is 0.827. The summed E-state index contributed by atoms with van der Waals surface area (Å²) in [4.78, 5) is 38.6. The highest BCUT2D eigenvalue weighted by molar-refractivity contribution is 9.11. The number of hydrogen-bond donors (Lipinski definition) is 4. The number of hydrazine groups is 1. The van der Waals surface area contributed by atoms with Gasteiger partial charge < -0.3 is 10.3 Å². The zero-order valence-electron chi connectivity index (χ0n) is 11.5. The van der Waals surface area contributed by atoms with Crippen molar-refractivity contribution in [3.8, 4) is 0 Å². The zero-order valence-corrected chi connectivity index (χ0v) is 13.9. The second-order valence-corrected chi connectivity index (χ2v) is 6.79. The van der Waals surface area contributed by atoms with Crippen LogP contribution in [0, 0.1) is 0 Å². The van der Waals surface area contributed by atoms with E-state index in [9.17, 15) is 14.4 Å². The maximum Gasteiger partial charge on any atom is 0.286 e. The Hall–Kier alpha value is -2.13. The van der Waals surface area contributed by atoms with Crippen LogP contribution in [0.3, 0.4) is 0 Å². The van der Waals surface area contributed by atoms with Gasteiger partial charge in [0.25, 0.3) is 17.7 Å². The predicted octanol–water partition coefficient (Wildman–Crippen LogP) is 1.42. The Morgan fingerprint density at radius 3 is 2.55 bits per heavy atom. The van der Waals surface area contributed by atoms with Crippen LogP contribution in [0.1, 0.15) is 27.1 Å². The summed E-state index contributed by atoms with van der Waals surface area (Å²) in [6.07, 6.45) is 1.60. The number of halogens is 1. The van der Waals surface area contributed by atoms with Gasteiger partial charge in [-0.3, -0.25) is 25.2 Å². The fraction of sp³-hybridized carbons (Fsp3) is 0.154. The number of H-pyrrole nitrogens is 1. The van der Waals surface area contributed by atoms with E-state index in [1.807, 2.05) is 0 Å². The van der Waals surface area contributed by atoms with Crippen LogP contribution in [-0.2, 0) is 4.79 Å². The molecule has 0 aliphatic heterocycles. The van der Waals surface area contributed by atoms with Crippen LogP contribution in [0.25, 0.3) is 0 Å². The number of amides is 3. The standard InChI is InChI=1S/C13H13BrN4O3S/c1-7(16-13(21)9-4-5-10(14)22-9)11(19)17-18-12(20)8-3-2-6-15-8/h2-7,15H,1H3,(H,16,21)(H,17,19)(H,18,20). The summed E-state index contributed by atoms with van der Waals surface area (Å²) in [6, 6.07) is 5.85. The highest BCUT2D eigenvalue weighted by Gasteiger charge is 2.18. The fourth-order valence-corrected chi connectivity index (χ4v) is 2.82. The molecule has 2 aromatic heterocycles. The Bertz CT molecular complexity index is 683. The molecule has 2 aromatic rings. The van der Waals surface area contributed by atoms with Crippen molar-refractivity contribution in [2.45, 2.75) is 13.0 Å². The van der Waals surface area contributed by atoms with Crippen molar-refractivity contribution < 1.29 is 14.4 Å². The van der Waals surface area contributed by atoms with Gasteiger partial charge in [0.2, 0.25) is 0 Å². The predicted molar refractivity (Wildman–Crippen MR) is 85.3 cm³/mol. The second-order valence-electron chi connectivity index (χ2n) is 4.33. The molecule has 22 heavy (non-hydrogen) atoms. The molecule has 2 rings (SSSR count). The molecule has 0 saturated heterocycles. The van der Waals surface area contributed by atoms with Crippen molar-refractivity contribution in [1.82, 2.24) is 21.2 Å². The molecule has 0 aromatic carbocycles. The lowest BCUT2D eigenvalue weighted by Crippen LogP contribution is -2.51. The number of nitrogens with one attached hydrogen (secondary N) is 4. The van der Waals surface area contributed by atoms with Crippen LogP contribution in [-0.4, -0.2) is 28.7 Å². The van der Waals surface area contributed by atoms with Crippen LogP contribution < -0.4 is 16.2 Å². The van der Waals surface area contributed by atoms with E-state index >= 15 is 0 Å². The van der Waals surface area contributed by atoms with E-state index in [1.165, 1.54) is 18.3 Å². The highest BCUT2D eigenvalue weighted by Crippen LogP contribution is 2.21. The molecule has 0 radical (unpaired) electrons. The minimum absolute atomic E-state index is 0.320. The van der Waals surface area contributed by atoms with E-state index in [2.05, 4.69) is 37.1 Å². The fourth-order valence-electron chi connectivity index (χ4n) is 1.54. The third kappa shape index (κ3) is 4.18. The lowest BCUT2D eigenvalue weighted by atomic mass is 10.3. The summed E-state index contributed by atoms with van der Waals surface area (Å²) in [5.74, 6) is -1.35. The topological polar surface area (TPSA) is 103 Å². The third-order valence-corrected chi connectivity index (χ3v) is 4.30. The molecule has 0 spiro atoms. The van der Waals surface area contributed by atoms with Crippen LogP contribution in [0.5, 0.6) is 0 Å². The monoisotopic (exact) mass is 384 g/mol. The van der Waals surface area contributed by atoms with E-state index in [0.29, 0.717) is 10.6 Å². The molecule has 4 N–H and O–H groups in total. The number of carbonyl (C=O) groups excluding carboxylic acids is 3. The number of aromatic amines is 1. The molecule has 0 aliphatic rings. The zero-order chi connectivity index (χ0) is 16.1. The first-order valence-electron chi connectivity index (χ1n) is 6.27. The van der Waals surface area contributed by atoms with Gasteiger partial charge in [-0.2, -0.15) is 0 Å². The molecule has 1 atom stereocenters. The lowest BCUT2D eigenvalue weighted by Gasteiger charge is -2.13. The van der Waals surface area contributed by atoms with E-state index in [0.717, 1.165) is 3.79 Å². The van der Waals surface area contributed by atoms with Gasteiger partial charge in [0.1, 0.15) is 11.7 Å². The molecule has 7 nitrogen and oxygen atoms in total. The SMILES string of the molecule is CC(NC(=O)c1ccc(Br)s1)C(=O)NNC(=O)c1ccc[nH]1. The van der Waals surface area contributed by atoms with Crippen LogP contribution in [0.4, 0.5) is 0 Å². The van der Waals surface area contributed by atoms with Gasteiger partial charge in [-0.15, -0.1) is 11.3 Å². The van der Waals surface area contributed by atoms with E-state index < -0.39 is 17.9 Å². The maximum absolute atomic E-state index is 11.9. The van der Waals surface area contributed by atoms with Crippen molar-refractivity contribution in [3.63, 3.8) is 0 Å². The number of rotatable bonds is 4. The lowest BCUT2D eigenvalue weighted by molar-refractivity contribution is -0.123. The molecule has 0 fully saturated rings. The van der Waals surface area contributed by atoms with Gasteiger partial charge in [0, 0.05) is 6.20 Å². The third-order valence-electron chi connectivity index (χ3n) is 2.68. The summed E-state index contributed by atoms with van der Waals surface area (Å²) in [6.45, 7) is 1.52. The smallest absolute Gasteiger partial charge is 0.286 e. The van der Waals surface area contributed by atoms with Crippen LogP contribution in [0.15, 0.2) is 34.2 Å². The molecule has 3 amide bonds. The molecule has 0 saturated carbocycles.